The lowest BCUT2D eigenvalue weighted by molar-refractivity contribution is 0.632. The van der Waals surface area contributed by atoms with Gasteiger partial charge in [0.1, 0.15) is 11.3 Å². The quantitative estimate of drug-likeness (QED) is 0.146. The topological polar surface area (TPSA) is 16.4 Å². The van der Waals surface area contributed by atoms with Crippen molar-refractivity contribution in [3.63, 3.8) is 0 Å². The summed E-state index contributed by atoms with van der Waals surface area (Å²) in [7, 11) is 0. The van der Waals surface area contributed by atoms with E-state index in [-0.39, 0.29) is 0 Å². The fourth-order valence-electron chi connectivity index (χ4n) is 7.95. The summed E-state index contributed by atoms with van der Waals surface area (Å²) in [5.74, 6) is 0.888. The number of benzene rings is 9. The summed E-state index contributed by atoms with van der Waals surface area (Å²) in [6.45, 7) is 0. The molecule has 0 amide bonds. The number of fused-ring (bicyclic) bond motifs is 1. The molecule has 1 aromatic heterocycles. The van der Waals surface area contributed by atoms with Gasteiger partial charge in [0.15, 0.2) is 0 Å². The molecule has 274 valence electrons. The van der Waals surface area contributed by atoms with E-state index in [1.54, 1.807) is 0 Å². The molecule has 0 fully saturated rings. The van der Waals surface area contributed by atoms with Crippen molar-refractivity contribution in [2.24, 2.45) is 0 Å². The molecule has 10 aromatic rings. The normalized spacial score (nSPS) is 11.1. The summed E-state index contributed by atoms with van der Waals surface area (Å²) >= 11 is 0. The van der Waals surface area contributed by atoms with E-state index in [1.807, 2.05) is 12.1 Å². The zero-order valence-corrected chi connectivity index (χ0v) is 31.9. The Kier molecular flexibility index (Phi) is 9.27. The summed E-state index contributed by atoms with van der Waals surface area (Å²) in [6.07, 6.45) is 0. The van der Waals surface area contributed by atoms with Crippen LogP contribution in [0, 0.1) is 0 Å². The van der Waals surface area contributed by atoms with Gasteiger partial charge in [0.2, 0.25) is 0 Å². The lowest BCUT2D eigenvalue weighted by Crippen LogP contribution is -2.09. The number of nitrogens with zero attached hydrogens (tertiary/aromatic N) is 1. The van der Waals surface area contributed by atoms with E-state index >= 15 is 0 Å². The summed E-state index contributed by atoms with van der Waals surface area (Å²) in [5.41, 5.74) is 17.0. The maximum Gasteiger partial charge on any atom is 0.143 e. The molecule has 0 spiro atoms. The Labute approximate surface area is 339 Å². The van der Waals surface area contributed by atoms with Gasteiger partial charge in [-0.15, -0.1) is 0 Å². The van der Waals surface area contributed by atoms with E-state index in [9.17, 15) is 0 Å². The first kappa shape index (κ1) is 34.8. The highest BCUT2D eigenvalue weighted by molar-refractivity contribution is 6.02. The van der Waals surface area contributed by atoms with Gasteiger partial charge >= 0.3 is 0 Å². The average Bonchev–Trinajstić information content (AvgIpc) is 3.71. The second kappa shape index (κ2) is 15.5. The van der Waals surface area contributed by atoms with Gasteiger partial charge in [0, 0.05) is 33.6 Å². The van der Waals surface area contributed by atoms with E-state index in [1.165, 1.54) is 27.8 Å². The Hall–Kier alpha value is -7.68. The monoisotopic (exact) mass is 741 g/mol. The van der Waals surface area contributed by atoms with E-state index in [0.717, 1.165) is 67.2 Å². The molecule has 0 N–H and O–H groups in total. The largest absolute Gasteiger partial charge is 0.455 e. The molecule has 0 atom stereocenters. The predicted molar refractivity (Wildman–Crippen MR) is 244 cm³/mol. The van der Waals surface area contributed by atoms with E-state index < -0.39 is 0 Å². The minimum absolute atomic E-state index is 0.888. The molecule has 9 aromatic carbocycles. The molecule has 58 heavy (non-hydrogen) atoms. The van der Waals surface area contributed by atoms with Crippen molar-refractivity contribution in [2.45, 2.75) is 0 Å². The number of anilines is 3. The standard InChI is InChI=1S/C56H39NO/c1-4-13-40(14-5-1)43-27-33-50(34-28-43)57(51-35-29-44(30-36-51)41-15-6-2-7-16-41)52-37-31-45(32-38-52)42-23-25-46(26-24-42)48-19-12-20-49(39-48)56-55(47-17-8-3-9-18-47)53-21-10-11-22-54(53)58-56/h1-39H. The first-order valence-corrected chi connectivity index (χ1v) is 19.7. The van der Waals surface area contributed by atoms with Gasteiger partial charge in [-0.2, -0.15) is 0 Å². The number of furan rings is 1. The van der Waals surface area contributed by atoms with E-state index in [2.05, 4.69) is 229 Å². The van der Waals surface area contributed by atoms with Gasteiger partial charge in [0.25, 0.3) is 0 Å². The van der Waals surface area contributed by atoms with Crippen LogP contribution in [0.5, 0.6) is 0 Å². The van der Waals surface area contributed by atoms with E-state index in [0.29, 0.717) is 0 Å². The molecular formula is C56H39NO. The number of rotatable bonds is 9. The molecule has 10 rings (SSSR count). The van der Waals surface area contributed by atoms with Crippen molar-refractivity contribution in [2.75, 3.05) is 4.90 Å². The summed E-state index contributed by atoms with van der Waals surface area (Å²) in [4.78, 5) is 2.33. The molecule has 0 saturated heterocycles. The second-order valence-corrected chi connectivity index (χ2v) is 14.5. The van der Waals surface area contributed by atoms with Gasteiger partial charge in [-0.1, -0.05) is 188 Å². The molecule has 2 nitrogen and oxygen atoms in total. The third kappa shape index (κ3) is 6.89. The average molecular weight is 742 g/mol. The van der Waals surface area contributed by atoms with Crippen molar-refractivity contribution in [3.8, 4) is 67.0 Å². The van der Waals surface area contributed by atoms with Gasteiger partial charge in [-0.25, -0.2) is 0 Å². The van der Waals surface area contributed by atoms with Gasteiger partial charge in [-0.3, -0.25) is 0 Å². The molecule has 0 aliphatic heterocycles. The van der Waals surface area contributed by atoms with Gasteiger partial charge in [-0.05, 0) is 98.6 Å². The third-order valence-corrected chi connectivity index (χ3v) is 10.9. The summed E-state index contributed by atoms with van der Waals surface area (Å²) in [6, 6.07) is 84.0. The fraction of sp³-hybridized carbons (Fsp3) is 0. The molecular weight excluding hydrogens is 703 g/mol. The second-order valence-electron chi connectivity index (χ2n) is 14.5. The zero-order chi connectivity index (χ0) is 38.7. The van der Waals surface area contributed by atoms with Crippen molar-refractivity contribution in [3.05, 3.63) is 237 Å². The van der Waals surface area contributed by atoms with Crippen LogP contribution < -0.4 is 4.90 Å². The lowest BCUT2D eigenvalue weighted by atomic mass is 9.95. The predicted octanol–water partition coefficient (Wildman–Crippen LogP) is 15.9. The number of hydrogen-bond donors (Lipinski definition) is 0. The van der Waals surface area contributed by atoms with Crippen molar-refractivity contribution >= 4 is 28.0 Å². The highest BCUT2D eigenvalue weighted by Crippen LogP contribution is 2.42. The first-order valence-electron chi connectivity index (χ1n) is 19.7. The summed E-state index contributed by atoms with van der Waals surface area (Å²) < 4.78 is 6.53. The Morgan fingerprint density at radius 3 is 1.09 bits per heavy atom. The molecule has 1 heterocycles. The molecule has 0 unspecified atom stereocenters. The van der Waals surface area contributed by atoms with Crippen LogP contribution in [0.25, 0.3) is 77.9 Å². The van der Waals surface area contributed by atoms with Crippen LogP contribution >= 0.6 is 0 Å². The number of para-hydroxylation sites is 1. The molecule has 0 radical (unpaired) electrons. The lowest BCUT2D eigenvalue weighted by Gasteiger charge is -2.26. The Balaban J connectivity index is 0.945. The smallest absolute Gasteiger partial charge is 0.143 e. The summed E-state index contributed by atoms with van der Waals surface area (Å²) in [5, 5.41) is 1.12. The number of hydrogen-bond acceptors (Lipinski definition) is 2. The Bertz CT molecular complexity index is 2850. The van der Waals surface area contributed by atoms with Crippen LogP contribution in [0.3, 0.4) is 0 Å². The van der Waals surface area contributed by atoms with Crippen molar-refractivity contribution < 1.29 is 4.42 Å². The van der Waals surface area contributed by atoms with Crippen LogP contribution in [-0.2, 0) is 0 Å². The van der Waals surface area contributed by atoms with E-state index in [4.69, 9.17) is 4.42 Å². The van der Waals surface area contributed by atoms with Gasteiger partial charge in [0.05, 0.1) is 0 Å². The first-order chi connectivity index (χ1) is 28.7. The molecule has 0 aliphatic rings. The minimum atomic E-state index is 0.888. The third-order valence-electron chi connectivity index (χ3n) is 10.9. The maximum absolute atomic E-state index is 6.53. The Morgan fingerprint density at radius 2 is 0.603 bits per heavy atom. The van der Waals surface area contributed by atoms with Crippen LogP contribution in [-0.4, -0.2) is 0 Å². The van der Waals surface area contributed by atoms with Gasteiger partial charge < -0.3 is 9.32 Å². The van der Waals surface area contributed by atoms with Crippen LogP contribution in [0.15, 0.2) is 241 Å². The van der Waals surface area contributed by atoms with Crippen molar-refractivity contribution in [1.82, 2.24) is 0 Å². The van der Waals surface area contributed by atoms with Crippen LogP contribution in [0.4, 0.5) is 17.1 Å². The zero-order valence-electron chi connectivity index (χ0n) is 31.9. The van der Waals surface area contributed by atoms with Crippen molar-refractivity contribution in [1.29, 1.82) is 0 Å². The van der Waals surface area contributed by atoms with Crippen LogP contribution in [0.1, 0.15) is 0 Å². The minimum Gasteiger partial charge on any atom is -0.455 e. The molecule has 2 heteroatoms. The highest BCUT2D eigenvalue weighted by atomic mass is 16.3. The van der Waals surface area contributed by atoms with Crippen LogP contribution in [0.2, 0.25) is 0 Å². The SMILES string of the molecule is c1ccc(-c2ccc(N(c3ccc(-c4ccccc4)cc3)c3ccc(-c4ccc(-c5cccc(-c6oc7ccccc7c6-c6ccccc6)c5)cc4)cc3)cc2)cc1. The molecule has 0 bridgehead atoms. The molecule has 0 aliphatic carbocycles. The highest BCUT2D eigenvalue weighted by Gasteiger charge is 2.18. The Morgan fingerprint density at radius 1 is 0.259 bits per heavy atom. The molecule has 0 saturated carbocycles. The fourth-order valence-corrected chi connectivity index (χ4v) is 7.95. The maximum atomic E-state index is 6.53.